The van der Waals surface area contributed by atoms with E-state index in [9.17, 15) is 13.6 Å². The Morgan fingerprint density at radius 2 is 1.88 bits per heavy atom. The number of likely N-dealkylation sites (tertiary alicyclic amines) is 1. The van der Waals surface area contributed by atoms with Gasteiger partial charge in [-0.3, -0.25) is 4.79 Å². The standard InChI is InChI=1S/C22H26F2N6O2/c1-20(23,24)22(4-5-22)12-32-19-25-8-15(9-26-19)18(31)29-10-21(11-29)6-16(7-21)30-13-27-17(28-30)14-2-3-14/h8-9,13-14,16H,2-7,10-12H2,1H3. The Labute approximate surface area is 184 Å². The van der Waals surface area contributed by atoms with Crippen LogP contribution in [0.4, 0.5) is 8.78 Å². The van der Waals surface area contributed by atoms with Crippen molar-refractivity contribution in [2.45, 2.75) is 63.3 Å². The minimum absolute atomic E-state index is 0.0254. The molecule has 1 aliphatic heterocycles. The first-order valence-electron chi connectivity index (χ1n) is 11.3. The highest BCUT2D eigenvalue weighted by molar-refractivity contribution is 5.94. The van der Waals surface area contributed by atoms with Gasteiger partial charge in [-0.05, 0) is 38.5 Å². The van der Waals surface area contributed by atoms with Crippen molar-refractivity contribution >= 4 is 5.91 Å². The molecule has 0 unspecified atom stereocenters. The molecule has 4 fully saturated rings. The van der Waals surface area contributed by atoms with Gasteiger partial charge in [0, 0.05) is 43.7 Å². The van der Waals surface area contributed by atoms with Crippen molar-refractivity contribution in [2.75, 3.05) is 19.7 Å². The topological polar surface area (TPSA) is 86.0 Å². The molecule has 2 aromatic heterocycles. The van der Waals surface area contributed by atoms with Gasteiger partial charge in [-0.2, -0.15) is 5.10 Å². The van der Waals surface area contributed by atoms with Crippen LogP contribution in [-0.2, 0) is 0 Å². The van der Waals surface area contributed by atoms with Gasteiger partial charge in [0.2, 0.25) is 0 Å². The Bertz CT molecular complexity index is 1030. The number of alkyl halides is 2. The molecule has 0 radical (unpaired) electrons. The zero-order valence-electron chi connectivity index (χ0n) is 18.0. The zero-order valence-corrected chi connectivity index (χ0v) is 18.0. The van der Waals surface area contributed by atoms with Gasteiger partial charge < -0.3 is 9.64 Å². The van der Waals surface area contributed by atoms with Crippen molar-refractivity contribution in [2.24, 2.45) is 10.8 Å². The molecule has 3 aliphatic carbocycles. The predicted octanol–water partition coefficient (Wildman–Crippen LogP) is 3.24. The van der Waals surface area contributed by atoms with Crippen molar-refractivity contribution in [3.8, 4) is 6.01 Å². The molecule has 0 atom stereocenters. The SMILES string of the molecule is CC(F)(F)C1(COc2ncc(C(=O)N3CC4(CC(n5cnc(C6CC6)n5)C4)C3)cn2)CC1. The lowest BCUT2D eigenvalue weighted by Crippen LogP contribution is -2.63. The van der Waals surface area contributed by atoms with Crippen LogP contribution >= 0.6 is 0 Å². The first-order valence-corrected chi connectivity index (χ1v) is 11.3. The first-order chi connectivity index (χ1) is 15.3. The third-order valence-electron chi connectivity index (χ3n) is 7.66. The third kappa shape index (κ3) is 3.34. The molecule has 8 nitrogen and oxygen atoms in total. The maximum atomic E-state index is 13.6. The maximum Gasteiger partial charge on any atom is 0.316 e. The molecule has 0 bridgehead atoms. The van der Waals surface area contributed by atoms with Crippen molar-refractivity contribution in [1.29, 1.82) is 0 Å². The van der Waals surface area contributed by atoms with Gasteiger partial charge in [0.15, 0.2) is 5.82 Å². The van der Waals surface area contributed by atoms with Gasteiger partial charge in [0.25, 0.3) is 11.8 Å². The lowest BCUT2D eigenvalue weighted by atomic mass is 9.60. The van der Waals surface area contributed by atoms with Crippen LogP contribution in [0.1, 0.15) is 73.6 Å². The van der Waals surface area contributed by atoms with E-state index in [0.29, 0.717) is 30.4 Å². The minimum atomic E-state index is -2.79. The first kappa shape index (κ1) is 20.0. The molecule has 3 saturated carbocycles. The van der Waals surface area contributed by atoms with E-state index >= 15 is 0 Å². The number of nitrogens with zero attached hydrogens (tertiary/aromatic N) is 6. The molecule has 10 heteroatoms. The fraction of sp³-hybridized carbons (Fsp3) is 0.682. The highest BCUT2D eigenvalue weighted by atomic mass is 19.3. The van der Waals surface area contributed by atoms with Gasteiger partial charge in [0.1, 0.15) is 12.9 Å². The Morgan fingerprint density at radius 3 is 2.47 bits per heavy atom. The molecule has 3 heterocycles. The summed E-state index contributed by atoms with van der Waals surface area (Å²) in [6.07, 6.45) is 9.96. The van der Waals surface area contributed by atoms with E-state index in [1.807, 2.05) is 15.9 Å². The van der Waals surface area contributed by atoms with E-state index in [1.165, 1.54) is 25.2 Å². The second-order valence-corrected chi connectivity index (χ2v) is 10.3. The molecule has 0 N–H and O–H groups in total. The number of carbonyl (C=O) groups is 1. The van der Waals surface area contributed by atoms with Gasteiger partial charge in [0.05, 0.1) is 17.0 Å². The van der Waals surface area contributed by atoms with Crippen molar-refractivity contribution in [3.05, 3.63) is 30.1 Å². The van der Waals surface area contributed by atoms with Crippen molar-refractivity contribution < 1.29 is 18.3 Å². The van der Waals surface area contributed by atoms with Gasteiger partial charge >= 0.3 is 6.01 Å². The molecule has 6 rings (SSSR count). The summed E-state index contributed by atoms with van der Waals surface area (Å²) in [5.41, 5.74) is -0.543. The minimum Gasteiger partial charge on any atom is -0.463 e. The summed E-state index contributed by atoms with van der Waals surface area (Å²) in [5, 5.41) is 4.63. The van der Waals surface area contributed by atoms with Crippen LogP contribution in [0, 0.1) is 10.8 Å². The number of aromatic nitrogens is 5. The lowest BCUT2D eigenvalue weighted by molar-refractivity contribution is -0.0740. The summed E-state index contributed by atoms with van der Waals surface area (Å²) >= 11 is 0. The van der Waals surface area contributed by atoms with E-state index in [0.717, 1.165) is 38.7 Å². The number of hydrogen-bond acceptors (Lipinski definition) is 6. The summed E-state index contributed by atoms with van der Waals surface area (Å²) < 4.78 is 34.7. The van der Waals surface area contributed by atoms with Gasteiger partial charge in [-0.15, -0.1) is 0 Å². The van der Waals surface area contributed by atoms with E-state index in [-0.39, 0.29) is 23.9 Å². The molecule has 170 valence electrons. The number of carbonyl (C=O) groups excluding carboxylic acids is 1. The number of halogens is 2. The van der Waals surface area contributed by atoms with Crippen molar-refractivity contribution in [1.82, 2.24) is 29.6 Å². The van der Waals surface area contributed by atoms with Gasteiger partial charge in [-0.1, -0.05) is 0 Å². The number of hydrogen-bond donors (Lipinski definition) is 0. The second-order valence-electron chi connectivity index (χ2n) is 10.3. The summed E-state index contributed by atoms with van der Waals surface area (Å²) in [6.45, 7) is 2.25. The molecular formula is C22H26F2N6O2. The number of rotatable bonds is 7. The van der Waals surface area contributed by atoms with E-state index in [4.69, 9.17) is 4.74 Å². The number of amides is 1. The summed E-state index contributed by atoms with van der Waals surface area (Å²) in [4.78, 5) is 27.1. The van der Waals surface area contributed by atoms with Crippen LogP contribution in [0.3, 0.4) is 0 Å². The van der Waals surface area contributed by atoms with Crippen molar-refractivity contribution in [3.63, 3.8) is 0 Å². The molecule has 1 amide bonds. The Morgan fingerprint density at radius 1 is 1.19 bits per heavy atom. The molecule has 4 aliphatic rings. The average Bonchev–Trinajstić information content (AvgIpc) is 3.63. The quantitative estimate of drug-likeness (QED) is 0.652. The Balaban J connectivity index is 0.994. The highest BCUT2D eigenvalue weighted by Crippen LogP contribution is 2.56. The molecule has 2 aromatic rings. The maximum absolute atomic E-state index is 13.6. The smallest absolute Gasteiger partial charge is 0.316 e. The van der Waals surface area contributed by atoms with Crippen LogP contribution < -0.4 is 4.74 Å². The fourth-order valence-electron chi connectivity index (χ4n) is 5.03. The Kier molecular flexibility index (Phi) is 4.17. The summed E-state index contributed by atoms with van der Waals surface area (Å²) in [6, 6.07) is 0.398. The van der Waals surface area contributed by atoms with Crippen LogP contribution in [0.25, 0.3) is 0 Å². The van der Waals surface area contributed by atoms with Gasteiger partial charge in [-0.25, -0.2) is 28.4 Å². The van der Waals surface area contributed by atoms with E-state index in [1.54, 1.807) is 0 Å². The molecule has 1 spiro atoms. The van der Waals surface area contributed by atoms with Crippen LogP contribution in [0.15, 0.2) is 18.7 Å². The molecule has 32 heavy (non-hydrogen) atoms. The highest BCUT2D eigenvalue weighted by Gasteiger charge is 2.60. The van der Waals surface area contributed by atoms with Crippen LogP contribution in [0.2, 0.25) is 0 Å². The van der Waals surface area contributed by atoms with E-state index < -0.39 is 11.3 Å². The third-order valence-corrected chi connectivity index (χ3v) is 7.66. The Hall–Kier alpha value is -2.65. The normalized spacial score (nSPS) is 23.5. The zero-order chi connectivity index (χ0) is 22.1. The molecule has 1 saturated heterocycles. The predicted molar refractivity (Wildman–Crippen MR) is 108 cm³/mol. The second kappa shape index (κ2) is 6.68. The van der Waals surface area contributed by atoms with E-state index in [2.05, 4.69) is 20.1 Å². The molecule has 0 aromatic carbocycles. The molecular weight excluding hydrogens is 418 g/mol. The van der Waals surface area contributed by atoms with Crippen LogP contribution in [0.5, 0.6) is 6.01 Å². The lowest BCUT2D eigenvalue weighted by Gasteiger charge is -2.58. The fourth-order valence-corrected chi connectivity index (χ4v) is 5.03. The van der Waals surface area contributed by atoms with Crippen LogP contribution in [-0.4, -0.2) is 61.2 Å². The summed E-state index contributed by atoms with van der Waals surface area (Å²) in [7, 11) is 0. The monoisotopic (exact) mass is 444 g/mol. The summed E-state index contributed by atoms with van der Waals surface area (Å²) in [5.74, 6) is -1.37. The average molecular weight is 444 g/mol. The largest absolute Gasteiger partial charge is 0.463 e. The number of ether oxygens (including phenoxy) is 1.